The monoisotopic (exact) mass is 382 g/mol. The van der Waals surface area contributed by atoms with Crippen molar-refractivity contribution in [3.05, 3.63) is 42.4 Å². The van der Waals surface area contributed by atoms with Crippen LogP contribution >= 0.6 is 0 Å². The van der Waals surface area contributed by atoms with Gasteiger partial charge in [0.15, 0.2) is 5.82 Å². The molecule has 28 heavy (non-hydrogen) atoms. The van der Waals surface area contributed by atoms with Gasteiger partial charge < -0.3 is 10.2 Å². The molecule has 2 amide bonds. The number of carbonyl (C=O) groups excluding carboxylic acids is 2. The van der Waals surface area contributed by atoms with Crippen molar-refractivity contribution in [2.24, 2.45) is 7.05 Å². The zero-order valence-electron chi connectivity index (χ0n) is 16.2. The van der Waals surface area contributed by atoms with Gasteiger partial charge >= 0.3 is 0 Å². The zero-order chi connectivity index (χ0) is 19.6. The van der Waals surface area contributed by atoms with Crippen LogP contribution in [0.25, 0.3) is 0 Å². The van der Waals surface area contributed by atoms with Gasteiger partial charge in [-0.3, -0.25) is 24.2 Å². The van der Waals surface area contributed by atoms with Crippen LogP contribution in [0, 0.1) is 0 Å². The Balaban J connectivity index is 1.45. The highest BCUT2D eigenvalue weighted by Crippen LogP contribution is 2.38. The maximum atomic E-state index is 13.4. The summed E-state index contributed by atoms with van der Waals surface area (Å²) in [5.41, 5.74) is 0.333. The SMILES string of the molecule is Cn1ccc(NC(=O)CN2CCCC23CCCN(Cc2ccccn2)C3=O)n1. The maximum Gasteiger partial charge on any atom is 0.243 e. The van der Waals surface area contributed by atoms with Crippen LogP contribution in [0.3, 0.4) is 0 Å². The number of nitrogens with one attached hydrogen (secondary N) is 1. The molecule has 2 aromatic heterocycles. The lowest BCUT2D eigenvalue weighted by molar-refractivity contribution is -0.148. The molecule has 1 atom stereocenters. The topological polar surface area (TPSA) is 83.4 Å². The number of aryl methyl sites for hydroxylation is 1. The Kier molecular flexibility index (Phi) is 5.13. The van der Waals surface area contributed by atoms with E-state index in [1.807, 2.05) is 30.1 Å². The molecule has 4 rings (SSSR count). The first-order valence-electron chi connectivity index (χ1n) is 9.81. The Morgan fingerprint density at radius 1 is 1.21 bits per heavy atom. The fourth-order valence-corrected chi connectivity index (χ4v) is 4.43. The Hall–Kier alpha value is -2.74. The van der Waals surface area contributed by atoms with E-state index in [1.165, 1.54) is 0 Å². The molecule has 1 N–H and O–H groups in total. The van der Waals surface area contributed by atoms with Crippen molar-refractivity contribution < 1.29 is 9.59 Å². The summed E-state index contributed by atoms with van der Waals surface area (Å²) in [5, 5.41) is 7.02. The smallest absolute Gasteiger partial charge is 0.243 e. The van der Waals surface area contributed by atoms with E-state index in [9.17, 15) is 9.59 Å². The summed E-state index contributed by atoms with van der Waals surface area (Å²) in [7, 11) is 1.81. The lowest BCUT2D eigenvalue weighted by Crippen LogP contribution is -2.60. The number of anilines is 1. The highest BCUT2D eigenvalue weighted by atomic mass is 16.2. The summed E-state index contributed by atoms with van der Waals surface area (Å²) in [4.78, 5) is 34.3. The lowest BCUT2D eigenvalue weighted by atomic mass is 9.85. The van der Waals surface area contributed by atoms with Gasteiger partial charge in [-0.25, -0.2) is 0 Å². The second-order valence-corrected chi connectivity index (χ2v) is 7.63. The number of nitrogens with zero attached hydrogens (tertiary/aromatic N) is 5. The predicted octanol–water partition coefficient (Wildman–Crippen LogP) is 1.41. The van der Waals surface area contributed by atoms with Gasteiger partial charge in [0.1, 0.15) is 5.54 Å². The number of amides is 2. The highest BCUT2D eigenvalue weighted by Gasteiger charge is 2.51. The maximum absolute atomic E-state index is 13.4. The largest absolute Gasteiger partial charge is 0.335 e. The molecule has 0 bridgehead atoms. The molecule has 8 heteroatoms. The molecule has 2 aromatic rings. The fraction of sp³-hybridized carbons (Fsp3) is 0.500. The van der Waals surface area contributed by atoms with Gasteiger partial charge in [-0.2, -0.15) is 5.10 Å². The number of likely N-dealkylation sites (tertiary alicyclic amines) is 2. The minimum atomic E-state index is -0.561. The van der Waals surface area contributed by atoms with Crippen LogP contribution in [0.4, 0.5) is 5.82 Å². The van der Waals surface area contributed by atoms with E-state index in [0.29, 0.717) is 12.4 Å². The molecule has 2 aliphatic rings. The van der Waals surface area contributed by atoms with Crippen molar-refractivity contribution in [1.29, 1.82) is 0 Å². The molecule has 1 spiro atoms. The third-order valence-corrected chi connectivity index (χ3v) is 5.72. The zero-order valence-corrected chi connectivity index (χ0v) is 16.2. The third kappa shape index (κ3) is 3.64. The number of hydrogen-bond donors (Lipinski definition) is 1. The molecular weight excluding hydrogens is 356 g/mol. The minimum Gasteiger partial charge on any atom is -0.335 e. The average Bonchev–Trinajstić information content (AvgIpc) is 3.27. The van der Waals surface area contributed by atoms with E-state index in [2.05, 4.69) is 20.3 Å². The van der Waals surface area contributed by atoms with E-state index in [1.54, 1.807) is 23.1 Å². The first-order chi connectivity index (χ1) is 13.6. The number of piperidine rings is 1. The van der Waals surface area contributed by atoms with E-state index in [-0.39, 0.29) is 18.4 Å². The van der Waals surface area contributed by atoms with E-state index in [4.69, 9.17) is 0 Å². The first-order valence-corrected chi connectivity index (χ1v) is 9.81. The van der Waals surface area contributed by atoms with Gasteiger partial charge in [0, 0.05) is 32.1 Å². The van der Waals surface area contributed by atoms with Crippen LogP contribution in [-0.4, -0.2) is 61.6 Å². The van der Waals surface area contributed by atoms with E-state index < -0.39 is 5.54 Å². The molecule has 148 valence electrons. The normalized spacial score (nSPS) is 22.8. The van der Waals surface area contributed by atoms with Gasteiger partial charge in [-0.15, -0.1) is 0 Å². The van der Waals surface area contributed by atoms with Gasteiger partial charge in [0.25, 0.3) is 0 Å². The van der Waals surface area contributed by atoms with Crippen LogP contribution < -0.4 is 5.32 Å². The summed E-state index contributed by atoms with van der Waals surface area (Å²) in [6.45, 7) is 2.24. The predicted molar refractivity (Wildman–Crippen MR) is 104 cm³/mol. The molecule has 8 nitrogen and oxygen atoms in total. The van der Waals surface area contributed by atoms with Crippen molar-refractivity contribution in [2.45, 2.75) is 37.8 Å². The molecule has 4 heterocycles. The summed E-state index contributed by atoms with van der Waals surface area (Å²) >= 11 is 0. The van der Waals surface area contributed by atoms with Crippen molar-refractivity contribution in [2.75, 3.05) is 25.0 Å². The summed E-state index contributed by atoms with van der Waals surface area (Å²) in [6, 6.07) is 7.53. The van der Waals surface area contributed by atoms with Crippen LogP contribution in [0.1, 0.15) is 31.4 Å². The Bertz CT molecular complexity index is 851. The Labute approximate surface area is 164 Å². The number of hydrogen-bond acceptors (Lipinski definition) is 5. The standard InChI is InChI=1S/C20H26N6O2/c1-24-13-7-17(23-24)22-18(27)15-26-12-5-9-20(26)8-4-11-25(19(20)28)14-16-6-2-3-10-21-16/h2-3,6-7,10,13H,4-5,8-9,11-12,14-15H2,1H3,(H,22,23,27). The molecule has 0 radical (unpaired) electrons. The summed E-state index contributed by atoms with van der Waals surface area (Å²) in [6.07, 6.45) is 7.02. The summed E-state index contributed by atoms with van der Waals surface area (Å²) in [5.74, 6) is 0.537. The fourth-order valence-electron chi connectivity index (χ4n) is 4.43. The number of rotatable bonds is 5. The third-order valence-electron chi connectivity index (χ3n) is 5.72. The van der Waals surface area contributed by atoms with Gasteiger partial charge in [-0.1, -0.05) is 6.07 Å². The van der Waals surface area contributed by atoms with E-state index >= 15 is 0 Å². The second-order valence-electron chi connectivity index (χ2n) is 7.63. The van der Waals surface area contributed by atoms with Crippen molar-refractivity contribution in [1.82, 2.24) is 24.6 Å². The minimum absolute atomic E-state index is 0.130. The second kappa shape index (κ2) is 7.71. The Morgan fingerprint density at radius 2 is 2.04 bits per heavy atom. The molecule has 2 fully saturated rings. The van der Waals surface area contributed by atoms with Crippen LogP contribution in [0.5, 0.6) is 0 Å². The highest BCUT2D eigenvalue weighted by molar-refractivity contribution is 5.93. The van der Waals surface area contributed by atoms with Crippen LogP contribution in [0.2, 0.25) is 0 Å². The number of pyridine rings is 1. The quantitative estimate of drug-likeness (QED) is 0.845. The van der Waals surface area contributed by atoms with Gasteiger partial charge in [0.05, 0.1) is 18.8 Å². The number of carbonyl (C=O) groups is 2. The molecule has 0 aromatic carbocycles. The lowest BCUT2D eigenvalue weighted by Gasteiger charge is -2.44. The molecule has 2 saturated heterocycles. The molecular formula is C20H26N6O2. The average molecular weight is 382 g/mol. The molecule has 2 aliphatic heterocycles. The van der Waals surface area contributed by atoms with Crippen LogP contribution in [0.15, 0.2) is 36.7 Å². The Morgan fingerprint density at radius 3 is 2.75 bits per heavy atom. The van der Waals surface area contributed by atoms with Crippen molar-refractivity contribution >= 4 is 17.6 Å². The first kappa shape index (κ1) is 18.6. The van der Waals surface area contributed by atoms with Crippen molar-refractivity contribution in [3.63, 3.8) is 0 Å². The van der Waals surface area contributed by atoms with Gasteiger partial charge in [-0.05, 0) is 44.4 Å². The number of aromatic nitrogens is 3. The van der Waals surface area contributed by atoms with Crippen molar-refractivity contribution in [3.8, 4) is 0 Å². The van der Waals surface area contributed by atoms with Gasteiger partial charge in [0.2, 0.25) is 11.8 Å². The molecule has 0 saturated carbocycles. The van der Waals surface area contributed by atoms with E-state index in [0.717, 1.165) is 44.5 Å². The van der Waals surface area contributed by atoms with Crippen LogP contribution in [-0.2, 0) is 23.2 Å². The molecule has 1 unspecified atom stereocenters. The molecule has 0 aliphatic carbocycles. The summed E-state index contributed by atoms with van der Waals surface area (Å²) < 4.78 is 1.65.